The van der Waals surface area contributed by atoms with Gasteiger partial charge < -0.3 is 14.8 Å². The highest BCUT2D eigenvalue weighted by Crippen LogP contribution is 2.31. The second-order valence-electron chi connectivity index (χ2n) is 4.18. The van der Waals surface area contributed by atoms with E-state index in [0.717, 1.165) is 11.4 Å². The third-order valence-electron chi connectivity index (χ3n) is 2.83. The predicted octanol–water partition coefficient (Wildman–Crippen LogP) is 2.62. The van der Waals surface area contributed by atoms with Crippen LogP contribution in [0.2, 0.25) is 0 Å². The van der Waals surface area contributed by atoms with Crippen molar-refractivity contribution in [2.24, 2.45) is 0 Å². The summed E-state index contributed by atoms with van der Waals surface area (Å²) in [6.45, 7) is 0.311. The lowest BCUT2D eigenvalue weighted by atomic mass is 10.2. The van der Waals surface area contributed by atoms with E-state index >= 15 is 0 Å². The van der Waals surface area contributed by atoms with E-state index in [2.05, 4.69) is 10.3 Å². The third kappa shape index (κ3) is 3.59. The number of aromatic nitrogens is 1. The van der Waals surface area contributed by atoms with Gasteiger partial charge in [-0.15, -0.1) is 0 Å². The Labute approximate surface area is 121 Å². The number of anilines is 1. The lowest BCUT2D eigenvalue weighted by Gasteiger charge is -2.11. The van der Waals surface area contributed by atoms with E-state index in [1.807, 2.05) is 12.1 Å². The zero-order chi connectivity index (χ0) is 15.2. The number of methoxy groups -OCH3 is 1. The third-order valence-corrected chi connectivity index (χ3v) is 2.83. The van der Waals surface area contributed by atoms with E-state index < -0.39 is 4.92 Å². The van der Waals surface area contributed by atoms with Crippen LogP contribution in [0.5, 0.6) is 11.5 Å². The van der Waals surface area contributed by atoms with Gasteiger partial charge in [-0.05, 0) is 23.8 Å². The van der Waals surface area contributed by atoms with Gasteiger partial charge >= 0.3 is 0 Å². The monoisotopic (exact) mass is 289 g/mol. The van der Waals surface area contributed by atoms with Crippen LogP contribution >= 0.6 is 0 Å². The van der Waals surface area contributed by atoms with Crippen LogP contribution < -0.4 is 14.8 Å². The van der Waals surface area contributed by atoms with Crippen LogP contribution in [0.4, 0.5) is 11.5 Å². The summed E-state index contributed by atoms with van der Waals surface area (Å²) in [7, 11) is 3.23. The normalized spacial score (nSPS) is 10.0. The van der Waals surface area contributed by atoms with Gasteiger partial charge in [0.2, 0.25) is 0 Å². The van der Waals surface area contributed by atoms with Crippen molar-refractivity contribution in [2.75, 3.05) is 19.5 Å². The summed E-state index contributed by atoms with van der Waals surface area (Å²) >= 11 is 0. The van der Waals surface area contributed by atoms with Crippen LogP contribution in [-0.4, -0.2) is 24.1 Å². The Kier molecular flexibility index (Phi) is 4.55. The number of non-ortho nitro benzene ring substituents is 1. The van der Waals surface area contributed by atoms with Crippen LogP contribution in [-0.2, 0) is 6.61 Å². The molecule has 1 heterocycles. The summed E-state index contributed by atoms with van der Waals surface area (Å²) in [5.74, 6) is 1.52. The molecule has 21 heavy (non-hydrogen) atoms. The zero-order valence-electron chi connectivity index (χ0n) is 11.7. The Balaban J connectivity index is 2.13. The quantitative estimate of drug-likeness (QED) is 0.649. The number of hydrogen-bond acceptors (Lipinski definition) is 6. The molecule has 0 radical (unpaired) electrons. The Morgan fingerprint density at radius 3 is 2.76 bits per heavy atom. The lowest BCUT2D eigenvalue weighted by molar-refractivity contribution is -0.385. The van der Waals surface area contributed by atoms with Gasteiger partial charge in [-0.3, -0.25) is 10.1 Å². The molecule has 7 heteroatoms. The molecule has 0 fully saturated rings. The van der Waals surface area contributed by atoms with Gasteiger partial charge in [0.25, 0.3) is 5.69 Å². The number of nitro benzene ring substituents is 1. The van der Waals surface area contributed by atoms with E-state index in [-0.39, 0.29) is 5.69 Å². The largest absolute Gasteiger partial charge is 0.493 e. The number of nitro groups is 1. The molecule has 7 nitrogen and oxygen atoms in total. The molecule has 0 aliphatic rings. The topological polar surface area (TPSA) is 86.5 Å². The van der Waals surface area contributed by atoms with Gasteiger partial charge in [-0.25, -0.2) is 4.98 Å². The first kappa shape index (κ1) is 14.6. The molecule has 1 aromatic heterocycles. The van der Waals surface area contributed by atoms with Crippen LogP contribution in [0.1, 0.15) is 5.56 Å². The molecule has 0 atom stereocenters. The van der Waals surface area contributed by atoms with Gasteiger partial charge in [0.1, 0.15) is 12.4 Å². The first-order chi connectivity index (χ1) is 10.1. The minimum atomic E-state index is -0.478. The van der Waals surface area contributed by atoms with E-state index in [0.29, 0.717) is 18.1 Å². The fourth-order valence-electron chi connectivity index (χ4n) is 1.75. The molecule has 1 aromatic carbocycles. The van der Waals surface area contributed by atoms with E-state index in [1.54, 1.807) is 13.2 Å². The molecule has 0 saturated heterocycles. The van der Waals surface area contributed by atoms with Crippen molar-refractivity contribution in [3.63, 3.8) is 0 Å². The van der Waals surface area contributed by atoms with Crippen LogP contribution in [0.25, 0.3) is 0 Å². The molecule has 1 N–H and O–H groups in total. The summed E-state index contributed by atoms with van der Waals surface area (Å²) in [6.07, 6.45) is 1.68. The second-order valence-corrected chi connectivity index (χ2v) is 4.18. The van der Waals surface area contributed by atoms with Crippen molar-refractivity contribution in [3.8, 4) is 11.5 Å². The van der Waals surface area contributed by atoms with Crippen molar-refractivity contribution >= 4 is 11.5 Å². The maximum absolute atomic E-state index is 10.7. The standard InChI is InChI=1S/C14H15N3O4/c1-15-14-7-10(5-6-16-14)9-21-12-4-3-11(17(18)19)8-13(12)20-2/h3-8H,9H2,1-2H3,(H,15,16). The summed E-state index contributed by atoms with van der Waals surface area (Å²) in [5.41, 5.74) is 0.885. The number of nitrogens with one attached hydrogen (secondary N) is 1. The van der Waals surface area contributed by atoms with Gasteiger partial charge in [-0.2, -0.15) is 0 Å². The van der Waals surface area contributed by atoms with E-state index in [4.69, 9.17) is 9.47 Å². The number of nitrogens with zero attached hydrogens (tertiary/aromatic N) is 2. The summed E-state index contributed by atoms with van der Waals surface area (Å²) in [4.78, 5) is 14.4. The Bertz CT molecular complexity index is 646. The zero-order valence-corrected chi connectivity index (χ0v) is 11.7. The van der Waals surface area contributed by atoms with Crippen molar-refractivity contribution in [2.45, 2.75) is 6.61 Å². The lowest BCUT2D eigenvalue weighted by Crippen LogP contribution is -2.00. The molecule has 0 amide bonds. The smallest absolute Gasteiger partial charge is 0.273 e. The van der Waals surface area contributed by atoms with Gasteiger partial charge in [-0.1, -0.05) is 0 Å². The summed E-state index contributed by atoms with van der Waals surface area (Å²) in [5, 5.41) is 13.7. The second kappa shape index (κ2) is 6.56. The van der Waals surface area contributed by atoms with Crippen molar-refractivity contribution < 1.29 is 14.4 Å². The van der Waals surface area contributed by atoms with E-state index in [1.165, 1.54) is 25.3 Å². The minimum absolute atomic E-state index is 0.0411. The molecule has 0 aliphatic carbocycles. The van der Waals surface area contributed by atoms with Gasteiger partial charge in [0.05, 0.1) is 18.1 Å². The number of benzene rings is 1. The molecular formula is C14H15N3O4. The van der Waals surface area contributed by atoms with Crippen LogP contribution in [0.15, 0.2) is 36.5 Å². The fourth-order valence-corrected chi connectivity index (χ4v) is 1.75. The predicted molar refractivity (Wildman–Crippen MR) is 77.8 cm³/mol. The molecule has 0 bridgehead atoms. The highest BCUT2D eigenvalue weighted by molar-refractivity contribution is 5.48. The molecule has 110 valence electrons. The maximum Gasteiger partial charge on any atom is 0.273 e. The molecule has 2 aromatic rings. The van der Waals surface area contributed by atoms with Crippen LogP contribution in [0, 0.1) is 10.1 Å². The van der Waals surface area contributed by atoms with Gasteiger partial charge in [0.15, 0.2) is 11.5 Å². The number of hydrogen-bond donors (Lipinski definition) is 1. The van der Waals surface area contributed by atoms with E-state index in [9.17, 15) is 10.1 Å². The SMILES string of the molecule is CNc1cc(COc2ccc([N+](=O)[O-])cc2OC)ccn1. The highest BCUT2D eigenvalue weighted by Gasteiger charge is 2.12. The van der Waals surface area contributed by atoms with Crippen LogP contribution in [0.3, 0.4) is 0 Å². The molecular weight excluding hydrogens is 274 g/mol. The first-order valence-corrected chi connectivity index (χ1v) is 6.22. The fraction of sp³-hybridized carbons (Fsp3) is 0.214. The van der Waals surface area contributed by atoms with Crippen molar-refractivity contribution in [1.29, 1.82) is 0 Å². The highest BCUT2D eigenvalue weighted by atomic mass is 16.6. The molecule has 0 unspecified atom stereocenters. The molecule has 2 rings (SSSR count). The average Bonchev–Trinajstić information content (AvgIpc) is 2.52. The average molecular weight is 289 g/mol. The molecule has 0 aliphatic heterocycles. The first-order valence-electron chi connectivity index (χ1n) is 6.22. The number of rotatable bonds is 6. The summed E-state index contributed by atoms with van der Waals surface area (Å²) < 4.78 is 10.8. The minimum Gasteiger partial charge on any atom is -0.493 e. The Morgan fingerprint density at radius 1 is 1.29 bits per heavy atom. The molecule has 0 saturated carbocycles. The molecule has 0 spiro atoms. The van der Waals surface area contributed by atoms with Gasteiger partial charge in [0, 0.05) is 19.3 Å². The maximum atomic E-state index is 10.7. The Morgan fingerprint density at radius 2 is 2.10 bits per heavy atom. The number of ether oxygens (including phenoxy) is 2. The Hall–Kier alpha value is -2.83. The number of pyridine rings is 1. The summed E-state index contributed by atoms with van der Waals surface area (Å²) in [6, 6.07) is 7.93. The van der Waals surface area contributed by atoms with Crippen molar-refractivity contribution in [3.05, 3.63) is 52.2 Å². The van der Waals surface area contributed by atoms with Crippen molar-refractivity contribution in [1.82, 2.24) is 4.98 Å².